The van der Waals surface area contributed by atoms with E-state index in [2.05, 4.69) is 12.2 Å². The summed E-state index contributed by atoms with van der Waals surface area (Å²) in [6, 6.07) is 2.99. The van der Waals surface area contributed by atoms with Gasteiger partial charge in [0.2, 0.25) is 0 Å². The molecule has 0 aliphatic carbocycles. The van der Waals surface area contributed by atoms with Gasteiger partial charge in [0.05, 0.1) is 4.34 Å². The van der Waals surface area contributed by atoms with Crippen molar-refractivity contribution < 1.29 is 13.2 Å². The van der Waals surface area contributed by atoms with E-state index >= 15 is 0 Å². The zero-order chi connectivity index (χ0) is 16.9. The number of sulfonamides is 1. The predicted molar refractivity (Wildman–Crippen MR) is 92.6 cm³/mol. The van der Waals surface area contributed by atoms with Crippen molar-refractivity contribution in [3.63, 3.8) is 0 Å². The second-order valence-electron chi connectivity index (χ2n) is 5.39. The number of rotatable bonds is 6. The number of nitrogens with one attached hydrogen (secondary N) is 1. The van der Waals surface area contributed by atoms with Crippen LogP contribution in [0.25, 0.3) is 0 Å². The Labute approximate surface area is 146 Å². The molecular weight excluding hydrogens is 358 g/mol. The molecule has 0 atom stereocenters. The molecule has 23 heavy (non-hydrogen) atoms. The quantitative estimate of drug-likeness (QED) is 0.772. The lowest BCUT2D eigenvalue weighted by molar-refractivity contribution is 0.172. The largest absolute Gasteiger partial charge is 0.338 e. The molecule has 1 saturated heterocycles. The molecule has 1 N–H and O–H groups in total. The number of unbranched alkanes of at least 4 members (excludes halogenated alkanes) is 2. The van der Waals surface area contributed by atoms with Crippen LogP contribution in [0.15, 0.2) is 16.3 Å². The highest BCUT2D eigenvalue weighted by atomic mass is 35.5. The number of amides is 2. The molecule has 130 valence electrons. The van der Waals surface area contributed by atoms with Crippen molar-refractivity contribution in [2.45, 2.75) is 30.4 Å². The van der Waals surface area contributed by atoms with Gasteiger partial charge in [-0.3, -0.25) is 0 Å². The number of halogens is 1. The van der Waals surface area contributed by atoms with Crippen LogP contribution in [-0.2, 0) is 10.0 Å². The molecule has 1 aliphatic rings. The summed E-state index contributed by atoms with van der Waals surface area (Å²) in [6.45, 7) is 4.19. The normalized spacial score (nSPS) is 16.5. The zero-order valence-electron chi connectivity index (χ0n) is 13.1. The van der Waals surface area contributed by atoms with E-state index in [1.807, 2.05) is 0 Å². The van der Waals surface area contributed by atoms with Gasteiger partial charge in [-0.25, -0.2) is 13.2 Å². The average molecular weight is 380 g/mol. The van der Waals surface area contributed by atoms with E-state index in [1.54, 1.807) is 11.0 Å². The fraction of sp³-hybridized carbons (Fsp3) is 0.643. The first-order valence-electron chi connectivity index (χ1n) is 7.73. The first-order valence-corrected chi connectivity index (χ1v) is 10.4. The molecule has 0 spiro atoms. The van der Waals surface area contributed by atoms with Crippen LogP contribution in [0.1, 0.15) is 26.2 Å². The molecule has 1 fully saturated rings. The van der Waals surface area contributed by atoms with E-state index in [0.29, 0.717) is 37.1 Å². The highest BCUT2D eigenvalue weighted by Crippen LogP contribution is 2.28. The lowest BCUT2D eigenvalue weighted by Gasteiger charge is -2.33. The minimum absolute atomic E-state index is 0.114. The second kappa shape index (κ2) is 8.32. The number of carbonyl (C=O) groups excluding carboxylic acids is 1. The Bertz CT molecular complexity index is 625. The fourth-order valence-corrected chi connectivity index (χ4v) is 5.44. The Morgan fingerprint density at radius 2 is 1.96 bits per heavy atom. The zero-order valence-corrected chi connectivity index (χ0v) is 15.5. The topological polar surface area (TPSA) is 69.7 Å². The molecule has 0 radical (unpaired) electrons. The van der Waals surface area contributed by atoms with E-state index in [0.717, 1.165) is 30.6 Å². The van der Waals surface area contributed by atoms with Crippen molar-refractivity contribution in [2.75, 3.05) is 32.7 Å². The van der Waals surface area contributed by atoms with Crippen LogP contribution in [0, 0.1) is 0 Å². The summed E-state index contributed by atoms with van der Waals surface area (Å²) in [4.78, 5) is 13.7. The summed E-state index contributed by atoms with van der Waals surface area (Å²) in [5, 5.41) is 2.88. The van der Waals surface area contributed by atoms with E-state index in [-0.39, 0.29) is 10.2 Å². The first-order chi connectivity index (χ1) is 10.9. The molecule has 0 saturated carbocycles. The minimum atomic E-state index is -3.51. The van der Waals surface area contributed by atoms with Crippen LogP contribution in [0.5, 0.6) is 0 Å². The third kappa shape index (κ3) is 4.82. The van der Waals surface area contributed by atoms with E-state index in [9.17, 15) is 13.2 Å². The van der Waals surface area contributed by atoms with Crippen LogP contribution >= 0.6 is 22.9 Å². The van der Waals surface area contributed by atoms with Crippen molar-refractivity contribution >= 4 is 39.0 Å². The van der Waals surface area contributed by atoms with Crippen molar-refractivity contribution in [2.24, 2.45) is 0 Å². The van der Waals surface area contributed by atoms with Gasteiger partial charge in [-0.05, 0) is 18.6 Å². The molecule has 6 nitrogen and oxygen atoms in total. The monoisotopic (exact) mass is 379 g/mol. The molecule has 2 amide bonds. The highest BCUT2D eigenvalue weighted by molar-refractivity contribution is 7.91. The van der Waals surface area contributed by atoms with Gasteiger partial charge in [0.15, 0.2) is 0 Å². The van der Waals surface area contributed by atoms with Crippen LogP contribution in [0.2, 0.25) is 4.34 Å². The molecule has 0 unspecified atom stereocenters. The summed E-state index contributed by atoms with van der Waals surface area (Å²) in [5.74, 6) is 0. The van der Waals surface area contributed by atoms with Crippen molar-refractivity contribution in [3.8, 4) is 0 Å². The summed E-state index contributed by atoms with van der Waals surface area (Å²) in [7, 11) is -3.51. The van der Waals surface area contributed by atoms with Gasteiger partial charge in [-0.2, -0.15) is 4.31 Å². The number of carbonyl (C=O) groups is 1. The third-order valence-corrected chi connectivity index (χ3v) is 7.32. The number of urea groups is 1. The maximum atomic E-state index is 12.5. The van der Waals surface area contributed by atoms with Gasteiger partial charge in [-0.1, -0.05) is 31.4 Å². The molecule has 2 rings (SSSR count). The summed E-state index contributed by atoms with van der Waals surface area (Å²) >= 11 is 6.87. The molecule has 1 aliphatic heterocycles. The summed E-state index contributed by atoms with van der Waals surface area (Å²) in [5.41, 5.74) is 0. The Kier molecular flexibility index (Phi) is 6.70. The SMILES string of the molecule is CCCCCNC(=O)N1CCN(S(=O)(=O)c2ccc(Cl)s2)CC1. The first kappa shape index (κ1) is 18.5. The van der Waals surface area contributed by atoms with E-state index < -0.39 is 10.0 Å². The Hall–Kier alpha value is -0.830. The maximum absolute atomic E-state index is 12.5. The van der Waals surface area contributed by atoms with Gasteiger partial charge >= 0.3 is 6.03 Å². The van der Waals surface area contributed by atoms with Gasteiger partial charge in [0, 0.05) is 32.7 Å². The van der Waals surface area contributed by atoms with Crippen LogP contribution in [-0.4, -0.2) is 56.4 Å². The lowest BCUT2D eigenvalue weighted by atomic mass is 10.2. The number of hydrogen-bond donors (Lipinski definition) is 1. The van der Waals surface area contributed by atoms with Crippen molar-refractivity contribution in [1.82, 2.24) is 14.5 Å². The molecular formula is C14H22ClN3O3S2. The lowest BCUT2D eigenvalue weighted by Crippen LogP contribution is -2.53. The maximum Gasteiger partial charge on any atom is 0.317 e. The van der Waals surface area contributed by atoms with Gasteiger partial charge < -0.3 is 10.2 Å². The Balaban J connectivity index is 1.85. The van der Waals surface area contributed by atoms with Gasteiger partial charge in [-0.15, -0.1) is 11.3 Å². The fourth-order valence-electron chi connectivity index (χ4n) is 2.38. The van der Waals surface area contributed by atoms with Crippen LogP contribution in [0.4, 0.5) is 4.79 Å². The molecule has 9 heteroatoms. The molecule has 0 aromatic carbocycles. The predicted octanol–water partition coefficient (Wildman–Crippen LogP) is 2.61. The third-order valence-electron chi connectivity index (χ3n) is 3.73. The number of thiophene rings is 1. The second-order valence-corrected chi connectivity index (χ2v) is 9.27. The van der Waals surface area contributed by atoms with Crippen LogP contribution in [0.3, 0.4) is 0 Å². The number of piperazine rings is 1. The molecule has 0 bridgehead atoms. The van der Waals surface area contributed by atoms with E-state index in [4.69, 9.17) is 11.6 Å². The standard InChI is InChI=1S/C14H22ClN3O3S2/c1-2-3-4-7-16-14(19)17-8-10-18(11-9-17)23(20,21)13-6-5-12(15)22-13/h5-6H,2-4,7-11H2,1H3,(H,16,19). The Morgan fingerprint density at radius 1 is 1.26 bits per heavy atom. The molecule has 1 aromatic heterocycles. The minimum Gasteiger partial charge on any atom is -0.338 e. The smallest absolute Gasteiger partial charge is 0.317 e. The average Bonchev–Trinajstić information content (AvgIpc) is 2.99. The molecule has 1 aromatic rings. The van der Waals surface area contributed by atoms with E-state index in [1.165, 1.54) is 10.4 Å². The summed E-state index contributed by atoms with van der Waals surface area (Å²) in [6.07, 6.45) is 3.17. The van der Waals surface area contributed by atoms with Crippen molar-refractivity contribution in [1.29, 1.82) is 0 Å². The summed E-state index contributed by atoms with van der Waals surface area (Å²) < 4.78 is 27.1. The molecule has 2 heterocycles. The van der Waals surface area contributed by atoms with Gasteiger partial charge in [0.1, 0.15) is 4.21 Å². The number of nitrogens with zero attached hydrogens (tertiary/aromatic N) is 2. The number of hydrogen-bond acceptors (Lipinski definition) is 4. The highest BCUT2D eigenvalue weighted by Gasteiger charge is 2.30. The van der Waals surface area contributed by atoms with Crippen LogP contribution < -0.4 is 5.32 Å². The van der Waals surface area contributed by atoms with Gasteiger partial charge in [0.25, 0.3) is 10.0 Å². The van der Waals surface area contributed by atoms with Crippen molar-refractivity contribution in [3.05, 3.63) is 16.5 Å². The Morgan fingerprint density at radius 3 is 2.52 bits per heavy atom.